The second-order valence-electron chi connectivity index (χ2n) is 3.51. The summed E-state index contributed by atoms with van der Waals surface area (Å²) >= 11 is 9.12. The molecular weight excluding hydrogens is 308 g/mol. The van der Waals surface area contributed by atoms with Crippen molar-refractivity contribution < 1.29 is 9.50 Å². The first kappa shape index (κ1) is 12.5. The van der Waals surface area contributed by atoms with Gasteiger partial charge in [0.15, 0.2) is 0 Å². The molecule has 1 aromatic heterocycles. The van der Waals surface area contributed by atoms with E-state index in [0.717, 1.165) is 6.20 Å². The molecule has 0 saturated carbocycles. The van der Waals surface area contributed by atoms with Gasteiger partial charge in [-0.1, -0.05) is 17.7 Å². The molecule has 0 amide bonds. The third-order valence-corrected chi connectivity index (χ3v) is 3.52. The molecule has 17 heavy (non-hydrogen) atoms. The first-order valence-corrected chi connectivity index (χ1v) is 5.98. The molecule has 2 nitrogen and oxygen atoms in total. The fraction of sp³-hybridized carbons (Fsp3) is 0.0833. The van der Waals surface area contributed by atoms with Crippen molar-refractivity contribution in [3.63, 3.8) is 0 Å². The Morgan fingerprint density at radius 3 is 2.65 bits per heavy atom. The topological polar surface area (TPSA) is 33.1 Å². The van der Waals surface area contributed by atoms with E-state index in [0.29, 0.717) is 20.6 Å². The van der Waals surface area contributed by atoms with E-state index in [4.69, 9.17) is 11.6 Å². The van der Waals surface area contributed by atoms with Crippen LogP contribution in [0.15, 0.2) is 41.1 Å². The lowest BCUT2D eigenvalue weighted by Gasteiger charge is -2.11. The molecule has 1 aromatic carbocycles. The zero-order valence-electron chi connectivity index (χ0n) is 8.57. The average Bonchev–Trinajstić information content (AvgIpc) is 2.32. The van der Waals surface area contributed by atoms with E-state index < -0.39 is 11.9 Å². The summed E-state index contributed by atoms with van der Waals surface area (Å²) in [5, 5.41) is 10.6. The lowest BCUT2D eigenvalue weighted by Crippen LogP contribution is -2.01. The number of hydrogen-bond donors (Lipinski definition) is 1. The molecule has 1 atom stereocenters. The van der Waals surface area contributed by atoms with Crippen LogP contribution in [0.2, 0.25) is 5.02 Å². The molecule has 5 heteroatoms. The van der Waals surface area contributed by atoms with Crippen LogP contribution in [0.1, 0.15) is 17.2 Å². The molecule has 0 bridgehead atoms. The smallest absolute Gasteiger partial charge is 0.141 e. The number of aliphatic hydroxyl groups excluding tert-OH is 1. The fourth-order valence-corrected chi connectivity index (χ4v) is 1.97. The SMILES string of the molecule is OC(c1cncc(F)c1)c1ccc(Cl)c(Br)c1. The molecule has 1 unspecified atom stereocenters. The fourth-order valence-electron chi connectivity index (χ4n) is 1.45. The van der Waals surface area contributed by atoms with Crippen molar-refractivity contribution in [2.45, 2.75) is 6.10 Å². The highest BCUT2D eigenvalue weighted by Crippen LogP contribution is 2.28. The van der Waals surface area contributed by atoms with Crippen LogP contribution in [0.5, 0.6) is 0 Å². The van der Waals surface area contributed by atoms with E-state index >= 15 is 0 Å². The van der Waals surface area contributed by atoms with Crippen LogP contribution in [0.3, 0.4) is 0 Å². The Labute approximate surface area is 111 Å². The molecule has 1 N–H and O–H groups in total. The van der Waals surface area contributed by atoms with E-state index in [2.05, 4.69) is 20.9 Å². The summed E-state index contributed by atoms with van der Waals surface area (Å²) in [5.41, 5.74) is 1.02. The Morgan fingerprint density at radius 1 is 1.24 bits per heavy atom. The lowest BCUT2D eigenvalue weighted by atomic mass is 10.0. The van der Waals surface area contributed by atoms with Crippen LogP contribution < -0.4 is 0 Å². The Kier molecular flexibility index (Phi) is 3.76. The largest absolute Gasteiger partial charge is 0.384 e. The van der Waals surface area contributed by atoms with Crippen LogP contribution in [-0.2, 0) is 0 Å². The van der Waals surface area contributed by atoms with Gasteiger partial charge in [-0.3, -0.25) is 4.98 Å². The summed E-state index contributed by atoms with van der Waals surface area (Å²) < 4.78 is 13.7. The summed E-state index contributed by atoms with van der Waals surface area (Å²) in [7, 11) is 0. The monoisotopic (exact) mass is 315 g/mol. The Hall–Kier alpha value is -0.970. The van der Waals surface area contributed by atoms with Crippen LogP contribution in [0.25, 0.3) is 0 Å². The number of benzene rings is 1. The Balaban J connectivity index is 2.36. The average molecular weight is 317 g/mol. The molecule has 1 heterocycles. The van der Waals surface area contributed by atoms with Gasteiger partial charge >= 0.3 is 0 Å². The molecule has 0 aliphatic carbocycles. The van der Waals surface area contributed by atoms with Gasteiger partial charge in [-0.05, 0) is 39.7 Å². The van der Waals surface area contributed by atoms with Crippen molar-refractivity contribution in [2.75, 3.05) is 0 Å². The van der Waals surface area contributed by atoms with Gasteiger partial charge in [-0.25, -0.2) is 4.39 Å². The number of rotatable bonds is 2. The number of halogens is 3. The van der Waals surface area contributed by atoms with Crippen molar-refractivity contribution in [1.82, 2.24) is 4.98 Å². The number of nitrogens with zero attached hydrogens (tertiary/aromatic N) is 1. The van der Waals surface area contributed by atoms with Gasteiger partial charge in [-0.2, -0.15) is 0 Å². The van der Waals surface area contributed by atoms with Gasteiger partial charge in [0.25, 0.3) is 0 Å². The van der Waals surface area contributed by atoms with Crippen molar-refractivity contribution in [3.05, 3.63) is 63.1 Å². The van der Waals surface area contributed by atoms with Crippen molar-refractivity contribution >= 4 is 27.5 Å². The summed E-state index contributed by atoms with van der Waals surface area (Å²) in [6.07, 6.45) is 1.59. The van der Waals surface area contributed by atoms with E-state index in [1.807, 2.05) is 0 Å². The van der Waals surface area contributed by atoms with Crippen molar-refractivity contribution in [2.24, 2.45) is 0 Å². The highest BCUT2D eigenvalue weighted by atomic mass is 79.9. The van der Waals surface area contributed by atoms with Gasteiger partial charge < -0.3 is 5.11 Å². The van der Waals surface area contributed by atoms with Gasteiger partial charge in [0.2, 0.25) is 0 Å². The molecule has 0 saturated heterocycles. The lowest BCUT2D eigenvalue weighted by molar-refractivity contribution is 0.219. The standard InChI is InChI=1S/C12H8BrClFNO/c13-10-4-7(1-2-11(10)14)12(17)8-3-9(15)6-16-5-8/h1-6,12,17H. The van der Waals surface area contributed by atoms with Gasteiger partial charge in [0.05, 0.1) is 11.2 Å². The van der Waals surface area contributed by atoms with Gasteiger partial charge in [0.1, 0.15) is 11.9 Å². The number of aromatic nitrogens is 1. The maximum absolute atomic E-state index is 13.0. The van der Waals surface area contributed by atoms with Crippen molar-refractivity contribution in [1.29, 1.82) is 0 Å². The molecule has 0 radical (unpaired) electrons. The third kappa shape index (κ3) is 2.83. The van der Waals surface area contributed by atoms with E-state index in [9.17, 15) is 9.50 Å². The minimum atomic E-state index is -0.924. The maximum Gasteiger partial charge on any atom is 0.141 e. The zero-order chi connectivity index (χ0) is 12.4. The zero-order valence-corrected chi connectivity index (χ0v) is 10.9. The molecule has 0 spiro atoms. The van der Waals surface area contributed by atoms with Crippen LogP contribution in [-0.4, -0.2) is 10.1 Å². The summed E-state index contributed by atoms with van der Waals surface area (Å²) in [5.74, 6) is -0.477. The number of hydrogen-bond acceptors (Lipinski definition) is 2. The minimum absolute atomic E-state index is 0.402. The highest BCUT2D eigenvalue weighted by Gasteiger charge is 2.12. The first-order valence-electron chi connectivity index (χ1n) is 4.81. The third-order valence-electron chi connectivity index (χ3n) is 2.30. The molecule has 2 rings (SSSR count). The first-order chi connectivity index (χ1) is 8.08. The molecule has 88 valence electrons. The molecule has 2 aromatic rings. The summed E-state index contributed by atoms with van der Waals surface area (Å²) in [6, 6.07) is 6.29. The van der Waals surface area contributed by atoms with Crippen LogP contribution in [0, 0.1) is 5.82 Å². The molecule has 0 fully saturated rings. The number of aliphatic hydroxyl groups is 1. The van der Waals surface area contributed by atoms with Crippen LogP contribution in [0.4, 0.5) is 4.39 Å². The minimum Gasteiger partial charge on any atom is -0.384 e. The second-order valence-corrected chi connectivity index (χ2v) is 4.77. The molecule has 0 aliphatic rings. The Morgan fingerprint density at radius 2 is 2.00 bits per heavy atom. The summed E-state index contributed by atoms with van der Waals surface area (Å²) in [6.45, 7) is 0. The quantitative estimate of drug-likeness (QED) is 0.916. The molecular formula is C12H8BrClFNO. The molecule has 0 aliphatic heterocycles. The van der Waals surface area contributed by atoms with E-state index in [1.54, 1.807) is 18.2 Å². The van der Waals surface area contributed by atoms with E-state index in [1.165, 1.54) is 12.3 Å². The van der Waals surface area contributed by atoms with Gasteiger partial charge in [0, 0.05) is 16.2 Å². The highest BCUT2D eigenvalue weighted by molar-refractivity contribution is 9.10. The predicted octanol–water partition coefficient (Wildman–Crippen LogP) is 3.72. The Bertz CT molecular complexity index is 550. The second kappa shape index (κ2) is 5.12. The maximum atomic E-state index is 13.0. The van der Waals surface area contributed by atoms with Crippen molar-refractivity contribution in [3.8, 4) is 0 Å². The number of pyridine rings is 1. The normalized spacial score (nSPS) is 12.5. The van der Waals surface area contributed by atoms with Gasteiger partial charge in [-0.15, -0.1) is 0 Å². The predicted molar refractivity (Wildman–Crippen MR) is 67.4 cm³/mol. The van der Waals surface area contributed by atoms with E-state index in [-0.39, 0.29) is 0 Å². The van der Waals surface area contributed by atoms with Crippen LogP contribution >= 0.6 is 27.5 Å². The summed E-state index contributed by atoms with van der Waals surface area (Å²) in [4.78, 5) is 3.70.